The largest absolute Gasteiger partial charge is 0.477 e. The molecule has 0 aromatic carbocycles. The van der Waals surface area contributed by atoms with Gasteiger partial charge in [-0.15, -0.1) is 0 Å². The van der Waals surface area contributed by atoms with E-state index in [0.29, 0.717) is 23.7 Å². The first-order chi connectivity index (χ1) is 8.56. The van der Waals surface area contributed by atoms with Gasteiger partial charge in [-0.25, -0.2) is 9.78 Å². The van der Waals surface area contributed by atoms with Crippen LogP contribution in [0.3, 0.4) is 0 Å². The van der Waals surface area contributed by atoms with E-state index in [4.69, 9.17) is 4.52 Å². The molecule has 0 saturated heterocycles. The summed E-state index contributed by atoms with van der Waals surface area (Å²) in [7, 11) is 0. The Hall–Kier alpha value is -2.11. The summed E-state index contributed by atoms with van der Waals surface area (Å²) in [6, 6.07) is 0. The summed E-state index contributed by atoms with van der Waals surface area (Å²) in [5, 5.41) is 13.2. The number of hydrogen-bond donors (Lipinski definition) is 1. The Balaban J connectivity index is 2.62. The summed E-state index contributed by atoms with van der Waals surface area (Å²) in [5.41, 5.74) is 1.12. The molecule has 6 nitrogen and oxygen atoms in total. The first kappa shape index (κ1) is 12.3. The van der Waals surface area contributed by atoms with Crippen molar-refractivity contribution >= 4 is 5.97 Å². The Labute approximate surface area is 104 Å². The highest BCUT2D eigenvalue weighted by Crippen LogP contribution is 2.29. The van der Waals surface area contributed by atoms with E-state index in [1.165, 1.54) is 0 Å². The molecule has 0 amide bonds. The minimum absolute atomic E-state index is 0.0321. The van der Waals surface area contributed by atoms with Crippen LogP contribution in [0.15, 0.2) is 17.0 Å². The number of aromatic carboxylic acids is 1. The lowest BCUT2D eigenvalue weighted by molar-refractivity contribution is 0.0694. The van der Waals surface area contributed by atoms with Crippen LogP contribution < -0.4 is 0 Å². The van der Waals surface area contributed by atoms with Crippen LogP contribution in [0.5, 0.6) is 0 Å². The van der Waals surface area contributed by atoms with Crippen molar-refractivity contribution in [2.24, 2.45) is 0 Å². The Kier molecular flexibility index (Phi) is 3.18. The molecule has 6 heteroatoms. The van der Waals surface area contributed by atoms with Gasteiger partial charge in [0.25, 0.3) is 0 Å². The van der Waals surface area contributed by atoms with Gasteiger partial charge in [-0.3, -0.25) is 0 Å². The van der Waals surface area contributed by atoms with Gasteiger partial charge < -0.3 is 14.2 Å². The van der Waals surface area contributed by atoms with Gasteiger partial charge in [0.1, 0.15) is 11.3 Å². The quantitative estimate of drug-likeness (QED) is 0.899. The van der Waals surface area contributed by atoms with E-state index >= 15 is 0 Å². The fourth-order valence-corrected chi connectivity index (χ4v) is 1.85. The first-order valence-corrected chi connectivity index (χ1v) is 5.79. The van der Waals surface area contributed by atoms with Gasteiger partial charge in [0.15, 0.2) is 5.76 Å². The molecule has 0 fully saturated rings. The summed E-state index contributed by atoms with van der Waals surface area (Å²) in [4.78, 5) is 15.4. The maximum Gasteiger partial charge on any atom is 0.341 e. The molecule has 0 atom stereocenters. The van der Waals surface area contributed by atoms with E-state index in [-0.39, 0.29) is 11.5 Å². The zero-order valence-corrected chi connectivity index (χ0v) is 10.5. The highest BCUT2D eigenvalue weighted by atomic mass is 16.5. The lowest BCUT2D eigenvalue weighted by atomic mass is 10.0. The summed E-state index contributed by atoms with van der Waals surface area (Å²) < 4.78 is 7.00. The number of nitrogens with zero attached hydrogens (tertiary/aromatic N) is 3. The highest BCUT2D eigenvalue weighted by Gasteiger charge is 2.26. The lowest BCUT2D eigenvalue weighted by Crippen LogP contribution is -2.04. The molecule has 0 unspecified atom stereocenters. The fourth-order valence-electron chi connectivity index (χ4n) is 1.85. The molecule has 0 aliphatic rings. The standard InChI is InChI=1S/C12H15N3O3/c1-4-15-6-13-5-8(15)10-9(12(16)17)11(7(2)3)18-14-10/h5-7H,4H2,1-3H3,(H,16,17). The van der Waals surface area contributed by atoms with Crippen LogP contribution in [-0.4, -0.2) is 25.8 Å². The molecule has 2 rings (SSSR count). The van der Waals surface area contributed by atoms with Gasteiger partial charge in [0.05, 0.1) is 18.2 Å². The second-order valence-corrected chi connectivity index (χ2v) is 4.30. The minimum Gasteiger partial charge on any atom is -0.477 e. The summed E-state index contributed by atoms with van der Waals surface area (Å²) in [6.45, 7) is 6.38. The zero-order chi connectivity index (χ0) is 13.3. The Morgan fingerprint density at radius 2 is 2.28 bits per heavy atom. The number of carbonyl (C=O) groups is 1. The van der Waals surface area contributed by atoms with E-state index in [9.17, 15) is 9.90 Å². The van der Waals surface area contributed by atoms with Crippen LogP contribution in [0.4, 0.5) is 0 Å². The SMILES string of the molecule is CCn1cncc1-c1noc(C(C)C)c1C(=O)O. The second kappa shape index (κ2) is 4.64. The number of carboxylic acid groups (broad SMARTS) is 1. The average Bonchev–Trinajstić information content (AvgIpc) is 2.94. The van der Waals surface area contributed by atoms with Crippen molar-refractivity contribution in [2.45, 2.75) is 33.2 Å². The first-order valence-electron chi connectivity index (χ1n) is 5.79. The zero-order valence-electron chi connectivity index (χ0n) is 10.5. The monoisotopic (exact) mass is 249 g/mol. The topological polar surface area (TPSA) is 81.2 Å². The van der Waals surface area contributed by atoms with E-state index < -0.39 is 5.97 Å². The number of imidazole rings is 1. The Morgan fingerprint density at radius 1 is 1.56 bits per heavy atom. The third kappa shape index (κ3) is 1.90. The third-order valence-electron chi connectivity index (χ3n) is 2.75. The normalized spacial score (nSPS) is 11.1. The van der Waals surface area contributed by atoms with Crippen LogP contribution >= 0.6 is 0 Å². The molecule has 0 spiro atoms. The van der Waals surface area contributed by atoms with Crippen molar-refractivity contribution in [1.82, 2.24) is 14.7 Å². The molecule has 96 valence electrons. The number of carboxylic acids is 1. The fraction of sp³-hybridized carbons (Fsp3) is 0.417. The Morgan fingerprint density at radius 3 is 2.83 bits per heavy atom. The second-order valence-electron chi connectivity index (χ2n) is 4.30. The number of aryl methyl sites for hydroxylation is 1. The van der Waals surface area contributed by atoms with Crippen LogP contribution in [0.2, 0.25) is 0 Å². The smallest absolute Gasteiger partial charge is 0.341 e. The maximum atomic E-state index is 11.4. The molecule has 0 bridgehead atoms. The van der Waals surface area contributed by atoms with Gasteiger partial charge in [0.2, 0.25) is 0 Å². The van der Waals surface area contributed by atoms with Crippen molar-refractivity contribution in [1.29, 1.82) is 0 Å². The summed E-state index contributed by atoms with van der Waals surface area (Å²) >= 11 is 0. The molecule has 1 N–H and O–H groups in total. The maximum absolute atomic E-state index is 11.4. The van der Waals surface area contributed by atoms with Crippen molar-refractivity contribution in [2.75, 3.05) is 0 Å². The average molecular weight is 249 g/mol. The van der Waals surface area contributed by atoms with Crippen molar-refractivity contribution in [3.8, 4) is 11.4 Å². The van der Waals surface area contributed by atoms with E-state index in [0.717, 1.165) is 0 Å². The van der Waals surface area contributed by atoms with Crippen LogP contribution in [0.25, 0.3) is 11.4 Å². The molecule has 0 aliphatic carbocycles. The lowest BCUT2D eigenvalue weighted by Gasteiger charge is -2.03. The predicted octanol–water partition coefficient (Wildman–Crippen LogP) is 2.38. The van der Waals surface area contributed by atoms with Crippen molar-refractivity contribution < 1.29 is 14.4 Å². The van der Waals surface area contributed by atoms with Crippen molar-refractivity contribution in [3.05, 3.63) is 23.8 Å². The molecule has 2 aromatic rings. The summed E-state index contributed by atoms with van der Waals surface area (Å²) in [5.74, 6) is -0.671. The van der Waals surface area contributed by atoms with Gasteiger partial charge in [-0.05, 0) is 6.92 Å². The number of rotatable bonds is 4. The molecule has 2 aromatic heterocycles. The molecule has 18 heavy (non-hydrogen) atoms. The minimum atomic E-state index is -1.03. The number of hydrogen-bond acceptors (Lipinski definition) is 4. The highest BCUT2D eigenvalue weighted by molar-refractivity contribution is 5.95. The molecule has 0 saturated carbocycles. The molecule has 0 radical (unpaired) electrons. The molecular formula is C12H15N3O3. The van der Waals surface area contributed by atoms with Gasteiger partial charge >= 0.3 is 5.97 Å². The van der Waals surface area contributed by atoms with Gasteiger partial charge in [0, 0.05) is 12.5 Å². The predicted molar refractivity (Wildman–Crippen MR) is 64.4 cm³/mol. The van der Waals surface area contributed by atoms with Gasteiger partial charge in [-0.2, -0.15) is 0 Å². The van der Waals surface area contributed by atoms with Gasteiger partial charge in [-0.1, -0.05) is 19.0 Å². The van der Waals surface area contributed by atoms with E-state index in [1.54, 1.807) is 12.5 Å². The van der Waals surface area contributed by atoms with Crippen LogP contribution in [0.1, 0.15) is 42.8 Å². The van der Waals surface area contributed by atoms with Crippen molar-refractivity contribution in [3.63, 3.8) is 0 Å². The number of aromatic nitrogens is 3. The Bertz CT molecular complexity index is 569. The summed E-state index contributed by atoms with van der Waals surface area (Å²) in [6.07, 6.45) is 3.24. The van der Waals surface area contributed by atoms with Crippen LogP contribution in [-0.2, 0) is 6.54 Å². The third-order valence-corrected chi connectivity index (χ3v) is 2.75. The van der Waals surface area contributed by atoms with Crippen LogP contribution in [0, 0.1) is 0 Å². The molecule has 2 heterocycles. The molecule has 0 aliphatic heterocycles. The van der Waals surface area contributed by atoms with E-state index in [2.05, 4.69) is 10.1 Å². The van der Waals surface area contributed by atoms with E-state index in [1.807, 2.05) is 25.3 Å². The molecular weight excluding hydrogens is 234 g/mol.